The number of rotatable bonds is 13. The van der Waals surface area contributed by atoms with E-state index < -0.39 is 28.7 Å². The summed E-state index contributed by atoms with van der Waals surface area (Å²) in [5.41, 5.74) is 3.75. The molecule has 0 aliphatic carbocycles. The zero-order valence-corrected chi connectivity index (χ0v) is 25.7. The molecule has 0 bridgehead atoms. The van der Waals surface area contributed by atoms with E-state index in [9.17, 15) is 18.0 Å². The van der Waals surface area contributed by atoms with Crippen molar-refractivity contribution in [3.05, 3.63) is 101 Å². The molecule has 3 aromatic carbocycles. The van der Waals surface area contributed by atoms with Crippen LogP contribution in [-0.2, 0) is 32.8 Å². The quantitative estimate of drug-likeness (QED) is 0.324. The minimum Gasteiger partial charge on any atom is -0.352 e. The Morgan fingerprint density at radius 2 is 1.46 bits per heavy atom. The van der Waals surface area contributed by atoms with Crippen molar-refractivity contribution in [2.24, 2.45) is 0 Å². The van der Waals surface area contributed by atoms with E-state index in [1.165, 1.54) is 19.0 Å². The highest BCUT2D eigenvalue weighted by molar-refractivity contribution is 7.90. The first-order valence-electron chi connectivity index (χ1n) is 13.9. The number of anilines is 1. The molecule has 0 aliphatic heterocycles. The van der Waals surface area contributed by atoms with E-state index >= 15 is 0 Å². The fourth-order valence-electron chi connectivity index (χ4n) is 4.47. The van der Waals surface area contributed by atoms with Crippen molar-refractivity contribution in [1.29, 1.82) is 0 Å². The first-order valence-corrected chi connectivity index (χ1v) is 15.3. The second-order valence-electron chi connectivity index (χ2n) is 10.6. The molecule has 3 rings (SSSR count). The van der Waals surface area contributed by atoms with Gasteiger partial charge in [0, 0.05) is 33.1 Å². The molecule has 2 atom stereocenters. The van der Waals surface area contributed by atoms with Crippen LogP contribution >= 0.6 is 0 Å². The van der Waals surface area contributed by atoms with Gasteiger partial charge in [0.1, 0.15) is 12.6 Å². The van der Waals surface area contributed by atoms with Gasteiger partial charge in [-0.05, 0) is 55.5 Å². The number of aryl methyl sites for hydroxylation is 2. The monoisotopic (exact) mass is 578 g/mol. The lowest BCUT2D eigenvalue weighted by molar-refractivity contribution is -0.140. The molecule has 9 heteroatoms. The van der Waals surface area contributed by atoms with E-state index in [1.54, 1.807) is 6.07 Å². The first-order chi connectivity index (χ1) is 19.4. The van der Waals surface area contributed by atoms with E-state index in [0.717, 1.165) is 37.3 Å². The third kappa shape index (κ3) is 8.41. The van der Waals surface area contributed by atoms with Crippen molar-refractivity contribution in [2.45, 2.75) is 59.2 Å². The largest absolute Gasteiger partial charge is 0.352 e. The topological polar surface area (TPSA) is 90.0 Å². The average Bonchev–Trinajstić information content (AvgIpc) is 2.95. The second-order valence-corrected chi connectivity index (χ2v) is 12.7. The van der Waals surface area contributed by atoms with Gasteiger partial charge in [-0.1, -0.05) is 79.7 Å². The number of nitrogens with one attached hydrogen (secondary N) is 1. The Labute approximate surface area is 245 Å². The maximum absolute atomic E-state index is 14.3. The molecule has 2 amide bonds. The third-order valence-corrected chi connectivity index (χ3v) is 8.93. The number of hydrogen-bond acceptors (Lipinski definition) is 4. The molecule has 0 heterocycles. The highest BCUT2D eigenvalue weighted by Gasteiger charge is 2.35. The zero-order chi connectivity index (χ0) is 30.2. The predicted molar refractivity (Wildman–Crippen MR) is 165 cm³/mol. The number of hydrogen-bond donors (Lipinski definition) is 1. The Balaban J connectivity index is 2.11. The molecule has 41 heavy (non-hydrogen) atoms. The van der Waals surface area contributed by atoms with Crippen LogP contribution in [0.4, 0.5) is 5.69 Å². The minimum atomic E-state index is -4.04. The predicted octanol–water partition coefficient (Wildman–Crippen LogP) is 4.47. The van der Waals surface area contributed by atoms with Crippen LogP contribution in [0.15, 0.2) is 78.9 Å². The second kappa shape index (κ2) is 14.3. The summed E-state index contributed by atoms with van der Waals surface area (Å²) in [6, 6.07) is 23.5. The summed E-state index contributed by atoms with van der Waals surface area (Å²) in [6.45, 7) is 7.29. The van der Waals surface area contributed by atoms with Gasteiger partial charge in [-0.15, -0.1) is 0 Å². The van der Waals surface area contributed by atoms with E-state index in [2.05, 4.69) is 5.32 Å². The Hall–Kier alpha value is -3.69. The molecular weight excluding hydrogens is 536 g/mol. The van der Waals surface area contributed by atoms with Gasteiger partial charge in [-0.3, -0.25) is 9.59 Å². The summed E-state index contributed by atoms with van der Waals surface area (Å²) in [7, 11) is -1.16. The summed E-state index contributed by atoms with van der Waals surface area (Å²) in [6.07, 6.45) is 1.02. The van der Waals surface area contributed by atoms with E-state index in [0.29, 0.717) is 5.69 Å². The van der Waals surface area contributed by atoms with Crippen molar-refractivity contribution in [3.8, 4) is 0 Å². The van der Waals surface area contributed by atoms with Crippen LogP contribution in [-0.4, -0.2) is 62.2 Å². The number of carbonyl (C=O) groups is 2. The van der Waals surface area contributed by atoms with Crippen molar-refractivity contribution in [1.82, 2.24) is 14.5 Å². The van der Waals surface area contributed by atoms with Crippen molar-refractivity contribution in [3.63, 3.8) is 0 Å². The maximum Gasteiger partial charge on any atom is 0.304 e. The van der Waals surface area contributed by atoms with Gasteiger partial charge in [0.25, 0.3) is 0 Å². The van der Waals surface area contributed by atoms with Gasteiger partial charge in [-0.2, -0.15) is 12.7 Å². The normalized spacial score (nSPS) is 13.0. The SMILES string of the molecule is CC[C@H](C)NC(=O)[C@H](Cc1ccccc1)N(Cc1ccccc1)C(=O)CN(c1cc(C)ccc1C)S(=O)(=O)N(C)C. The van der Waals surface area contributed by atoms with Crippen LogP contribution in [0.2, 0.25) is 0 Å². The van der Waals surface area contributed by atoms with E-state index in [1.807, 2.05) is 100 Å². The summed E-state index contributed by atoms with van der Waals surface area (Å²) in [5.74, 6) is -0.748. The van der Waals surface area contributed by atoms with Gasteiger partial charge in [-0.25, -0.2) is 4.31 Å². The number of amides is 2. The molecule has 1 N–H and O–H groups in total. The van der Waals surface area contributed by atoms with Gasteiger partial charge < -0.3 is 10.2 Å². The fraction of sp³-hybridized carbons (Fsp3) is 0.375. The van der Waals surface area contributed by atoms with Crippen LogP contribution in [0, 0.1) is 13.8 Å². The molecule has 0 aliphatic rings. The minimum absolute atomic E-state index is 0.0880. The van der Waals surface area contributed by atoms with Crippen molar-refractivity contribution < 1.29 is 18.0 Å². The zero-order valence-electron chi connectivity index (χ0n) is 24.9. The van der Waals surface area contributed by atoms with Gasteiger partial charge in [0.15, 0.2) is 0 Å². The molecule has 0 fully saturated rings. The average molecular weight is 579 g/mol. The van der Waals surface area contributed by atoms with E-state index in [4.69, 9.17) is 0 Å². The molecule has 8 nitrogen and oxygen atoms in total. The highest BCUT2D eigenvalue weighted by Crippen LogP contribution is 2.26. The van der Waals surface area contributed by atoms with Crippen LogP contribution in [0.5, 0.6) is 0 Å². The molecule has 3 aromatic rings. The summed E-state index contributed by atoms with van der Waals surface area (Å²) in [4.78, 5) is 29.6. The summed E-state index contributed by atoms with van der Waals surface area (Å²) >= 11 is 0. The smallest absolute Gasteiger partial charge is 0.304 e. The maximum atomic E-state index is 14.3. The molecule has 0 radical (unpaired) electrons. The standard InChI is InChI=1S/C32H42N4O4S/c1-7-26(4)33-32(38)30(21-27-14-10-8-11-15-27)35(22-28-16-12-9-13-17-28)31(37)23-36(41(39,40)34(5)6)29-20-24(2)18-19-25(29)3/h8-20,26,30H,7,21-23H2,1-6H3,(H,33,38)/t26-,30-/m0/s1. The number of carbonyl (C=O) groups excluding carboxylic acids is 2. The molecule has 220 valence electrons. The van der Waals surface area contributed by atoms with Crippen LogP contribution in [0.25, 0.3) is 0 Å². The first kappa shape index (κ1) is 31.8. The lowest BCUT2D eigenvalue weighted by Gasteiger charge is -2.35. The molecule has 0 spiro atoms. The lowest BCUT2D eigenvalue weighted by Crippen LogP contribution is -2.55. The summed E-state index contributed by atoms with van der Waals surface area (Å²) in [5, 5.41) is 3.05. The lowest BCUT2D eigenvalue weighted by atomic mass is 10.0. The molecule has 0 saturated carbocycles. The molecule has 0 aromatic heterocycles. The van der Waals surface area contributed by atoms with Crippen LogP contribution < -0.4 is 9.62 Å². The van der Waals surface area contributed by atoms with E-state index in [-0.39, 0.29) is 24.9 Å². The molecular formula is C32H42N4O4S. The van der Waals surface area contributed by atoms with Crippen molar-refractivity contribution >= 4 is 27.7 Å². The molecule has 0 saturated heterocycles. The van der Waals surface area contributed by atoms with Crippen molar-refractivity contribution in [2.75, 3.05) is 24.9 Å². The molecule has 0 unspecified atom stereocenters. The Bertz CT molecular complexity index is 1410. The van der Waals surface area contributed by atoms with Crippen LogP contribution in [0.1, 0.15) is 42.5 Å². The van der Waals surface area contributed by atoms with Gasteiger partial charge in [0.05, 0.1) is 5.69 Å². The number of nitrogens with zero attached hydrogens (tertiary/aromatic N) is 3. The van der Waals surface area contributed by atoms with Crippen LogP contribution in [0.3, 0.4) is 0 Å². The van der Waals surface area contributed by atoms with Gasteiger partial charge >= 0.3 is 10.2 Å². The Kier molecular flexibility index (Phi) is 11.1. The summed E-state index contributed by atoms with van der Waals surface area (Å²) < 4.78 is 29.4. The number of benzene rings is 3. The Morgan fingerprint density at radius 3 is 2.02 bits per heavy atom. The fourth-order valence-corrected chi connectivity index (χ4v) is 5.58. The highest BCUT2D eigenvalue weighted by atomic mass is 32.2. The third-order valence-electron chi connectivity index (χ3n) is 7.12. The Morgan fingerprint density at radius 1 is 0.878 bits per heavy atom. The van der Waals surface area contributed by atoms with Gasteiger partial charge in [0.2, 0.25) is 11.8 Å².